The number of nitriles is 1. The summed E-state index contributed by atoms with van der Waals surface area (Å²) in [4.78, 5) is 0. The average Bonchev–Trinajstić information content (AvgIpc) is 2.64. The Bertz CT molecular complexity index is 943. The molecule has 160 valence electrons. The van der Waals surface area contributed by atoms with Gasteiger partial charge in [0.15, 0.2) is 8.32 Å². The highest BCUT2D eigenvalue weighted by molar-refractivity contribution is 6.74. The van der Waals surface area contributed by atoms with Crippen molar-refractivity contribution >= 4 is 22.4 Å². The van der Waals surface area contributed by atoms with Crippen LogP contribution in [-0.4, -0.2) is 16.6 Å². The first-order valence-corrected chi connectivity index (χ1v) is 16.7. The van der Waals surface area contributed by atoms with Crippen LogP contribution in [0.4, 0.5) is 0 Å². The fourth-order valence-corrected chi connectivity index (χ4v) is 4.54. The van der Waals surface area contributed by atoms with Gasteiger partial charge in [-0.25, -0.2) is 0 Å². The Kier molecular flexibility index (Phi) is 7.18. The number of rotatable bonds is 7. The molecule has 0 saturated heterocycles. The molecule has 0 bridgehead atoms. The van der Waals surface area contributed by atoms with Crippen molar-refractivity contribution in [3.8, 4) is 17.2 Å². The molecule has 2 rings (SSSR count). The van der Waals surface area contributed by atoms with E-state index in [1.54, 1.807) is 0 Å². The van der Waals surface area contributed by atoms with Crippen molar-refractivity contribution in [3.63, 3.8) is 0 Å². The first kappa shape index (κ1) is 24.1. The van der Waals surface area contributed by atoms with Crippen LogP contribution in [0.3, 0.4) is 0 Å². The van der Waals surface area contributed by atoms with Crippen LogP contribution in [-0.2, 0) is 15.5 Å². The molecule has 0 amide bonds. The lowest BCUT2D eigenvalue weighted by atomic mass is 9.99. The largest absolute Gasteiger partial charge is 0.544 e. The Morgan fingerprint density at radius 2 is 1.57 bits per heavy atom. The molecule has 2 aromatic carbocycles. The predicted octanol–water partition coefficient (Wildman–Crippen LogP) is 7.57. The van der Waals surface area contributed by atoms with Crippen molar-refractivity contribution in [1.82, 2.24) is 0 Å². The van der Waals surface area contributed by atoms with E-state index in [9.17, 15) is 5.26 Å². The van der Waals surface area contributed by atoms with Crippen molar-refractivity contribution < 1.29 is 8.85 Å². The quantitative estimate of drug-likeness (QED) is 0.331. The molecule has 30 heavy (non-hydrogen) atoms. The molecular weight excluding hydrogens is 402 g/mol. The Balaban J connectivity index is 2.25. The minimum Gasteiger partial charge on any atom is -0.544 e. The summed E-state index contributed by atoms with van der Waals surface area (Å²) in [6.07, 6.45) is 0. The van der Waals surface area contributed by atoms with Crippen LogP contribution in [0.2, 0.25) is 37.8 Å². The Morgan fingerprint density at radius 1 is 0.967 bits per heavy atom. The molecule has 2 aromatic rings. The van der Waals surface area contributed by atoms with Gasteiger partial charge in [0.05, 0.1) is 18.2 Å². The molecule has 0 saturated carbocycles. The molecular formula is C25H35NO2Si2. The fourth-order valence-electron chi connectivity index (χ4n) is 2.72. The second-order valence-electron chi connectivity index (χ2n) is 10.3. The van der Waals surface area contributed by atoms with Gasteiger partial charge in [-0.1, -0.05) is 51.6 Å². The molecule has 0 N–H and O–H groups in total. The molecule has 5 heteroatoms. The van der Waals surface area contributed by atoms with Gasteiger partial charge in [0.2, 0.25) is 8.32 Å². The number of hydrogen-bond donors (Lipinski definition) is 0. The molecule has 0 fully saturated rings. The lowest BCUT2D eigenvalue weighted by molar-refractivity contribution is 0.276. The zero-order valence-corrected chi connectivity index (χ0v) is 21.7. The van der Waals surface area contributed by atoms with Gasteiger partial charge in [0, 0.05) is 5.56 Å². The lowest BCUT2D eigenvalue weighted by Gasteiger charge is -2.36. The Labute approximate surface area is 184 Å². The molecule has 0 aliphatic heterocycles. The van der Waals surface area contributed by atoms with Gasteiger partial charge in [-0.05, 0) is 72.7 Å². The summed E-state index contributed by atoms with van der Waals surface area (Å²) in [5.74, 6) is 0.631. The van der Waals surface area contributed by atoms with Crippen molar-refractivity contribution in [2.75, 3.05) is 0 Å². The fraction of sp³-hybridized carbons (Fsp3) is 0.400. The molecule has 0 heterocycles. The summed E-state index contributed by atoms with van der Waals surface area (Å²) in [7, 11) is -3.54. The molecule has 0 aliphatic rings. The van der Waals surface area contributed by atoms with E-state index in [4.69, 9.17) is 8.85 Å². The van der Waals surface area contributed by atoms with Crippen LogP contribution in [0.1, 0.15) is 37.5 Å². The number of nitrogens with zero attached hydrogens (tertiary/aromatic N) is 1. The maximum atomic E-state index is 9.48. The third kappa shape index (κ3) is 6.43. The van der Waals surface area contributed by atoms with Gasteiger partial charge in [-0.3, -0.25) is 0 Å². The predicted molar refractivity (Wildman–Crippen MR) is 132 cm³/mol. The summed E-state index contributed by atoms with van der Waals surface area (Å²) in [6, 6.07) is 16.4. The third-order valence-corrected chi connectivity index (χ3v) is 10.8. The average molecular weight is 438 g/mol. The van der Waals surface area contributed by atoms with Crippen LogP contribution >= 0.6 is 0 Å². The van der Waals surface area contributed by atoms with Gasteiger partial charge < -0.3 is 8.85 Å². The van der Waals surface area contributed by atoms with E-state index in [2.05, 4.69) is 90.4 Å². The highest BCUT2D eigenvalue weighted by Crippen LogP contribution is 2.37. The summed E-state index contributed by atoms with van der Waals surface area (Å²) in [5.41, 5.74) is 4.67. The van der Waals surface area contributed by atoms with E-state index >= 15 is 0 Å². The van der Waals surface area contributed by atoms with E-state index in [-0.39, 0.29) is 5.04 Å². The van der Waals surface area contributed by atoms with Crippen molar-refractivity contribution in [2.24, 2.45) is 0 Å². The third-order valence-electron chi connectivity index (χ3n) is 5.51. The van der Waals surface area contributed by atoms with Crippen molar-refractivity contribution in [3.05, 3.63) is 65.7 Å². The molecule has 0 spiro atoms. The summed E-state index contributed by atoms with van der Waals surface area (Å²) in [5, 5.41) is 9.68. The minimum absolute atomic E-state index is 0.196. The first-order valence-electron chi connectivity index (χ1n) is 10.4. The van der Waals surface area contributed by atoms with E-state index in [0.29, 0.717) is 17.9 Å². The highest BCUT2D eigenvalue weighted by atomic mass is 28.4. The van der Waals surface area contributed by atoms with Crippen LogP contribution in [0.15, 0.2) is 49.0 Å². The molecule has 3 nitrogen and oxygen atoms in total. The molecule has 0 atom stereocenters. The zero-order chi connectivity index (χ0) is 22.7. The van der Waals surface area contributed by atoms with E-state index in [1.807, 2.05) is 18.2 Å². The summed E-state index contributed by atoms with van der Waals surface area (Å²) < 4.78 is 12.4. The van der Waals surface area contributed by atoms with Gasteiger partial charge in [-0.2, -0.15) is 5.26 Å². The molecule has 0 unspecified atom stereocenters. The van der Waals surface area contributed by atoms with Gasteiger partial charge in [0.1, 0.15) is 5.76 Å². The molecule has 0 radical (unpaired) electrons. The van der Waals surface area contributed by atoms with Crippen LogP contribution < -0.4 is 0 Å². The first-order chi connectivity index (χ1) is 13.7. The lowest BCUT2D eigenvalue weighted by Crippen LogP contribution is -2.40. The van der Waals surface area contributed by atoms with Crippen molar-refractivity contribution in [1.29, 1.82) is 5.26 Å². The topological polar surface area (TPSA) is 42.2 Å². The van der Waals surface area contributed by atoms with E-state index in [0.717, 1.165) is 22.3 Å². The Morgan fingerprint density at radius 3 is 2.07 bits per heavy atom. The highest BCUT2D eigenvalue weighted by Gasteiger charge is 2.37. The van der Waals surface area contributed by atoms with Gasteiger partial charge in [-0.15, -0.1) is 0 Å². The van der Waals surface area contributed by atoms with E-state index in [1.165, 1.54) is 0 Å². The van der Waals surface area contributed by atoms with Crippen LogP contribution in [0.5, 0.6) is 0 Å². The zero-order valence-electron chi connectivity index (χ0n) is 19.7. The van der Waals surface area contributed by atoms with Crippen molar-refractivity contribution in [2.45, 2.75) is 65.2 Å². The monoisotopic (exact) mass is 437 g/mol. The minimum atomic E-state index is -1.77. The Hall–Kier alpha value is -2.14. The second kappa shape index (κ2) is 8.93. The van der Waals surface area contributed by atoms with Crippen LogP contribution in [0, 0.1) is 11.3 Å². The maximum Gasteiger partial charge on any atom is 0.242 e. The standard InChI is InChI=1S/C25H35NO2Si2/c1-19(28-29(5,6)7)23-14-21(17-26)15-24(16-23)22-12-10-20(11-13-22)18-27-30(8,9)25(2,3)4/h10-16H,1,18H2,2-9H3. The molecule has 0 aliphatic carbocycles. The van der Waals surface area contributed by atoms with E-state index < -0.39 is 16.6 Å². The number of hydrogen-bond acceptors (Lipinski definition) is 3. The smallest absolute Gasteiger partial charge is 0.242 e. The van der Waals surface area contributed by atoms with Crippen LogP contribution in [0.25, 0.3) is 16.9 Å². The number of benzene rings is 2. The SMILES string of the molecule is C=C(O[Si](C)(C)C)c1cc(C#N)cc(-c2ccc(CO[Si](C)(C)C(C)(C)C)cc2)c1. The normalized spacial score (nSPS) is 12.4. The second-order valence-corrected chi connectivity index (χ2v) is 19.5. The van der Waals surface area contributed by atoms with Gasteiger partial charge in [0.25, 0.3) is 0 Å². The molecule has 0 aromatic heterocycles. The maximum absolute atomic E-state index is 9.48. The summed E-state index contributed by atoms with van der Waals surface area (Å²) >= 11 is 0. The summed E-state index contributed by atoms with van der Waals surface area (Å²) in [6.45, 7) is 22.4. The van der Waals surface area contributed by atoms with Gasteiger partial charge >= 0.3 is 0 Å².